The van der Waals surface area contributed by atoms with Crippen LogP contribution in [0.5, 0.6) is 5.75 Å². The minimum atomic E-state index is -0.661. The standard InChI is InChI=1S/C12H14Br2ClNO2/c1-4-18-10-8(13)5-7(15)6-9(10)16-11(17)12(2,3)14/h5-6H,4H2,1-3H3,(H,16,17). The van der Waals surface area contributed by atoms with Gasteiger partial charge in [0, 0.05) is 5.02 Å². The van der Waals surface area contributed by atoms with Crippen LogP contribution in [0.1, 0.15) is 20.8 Å². The van der Waals surface area contributed by atoms with E-state index in [1.54, 1.807) is 26.0 Å². The van der Waals surface area contributed by atoms with Gasteiger partial charge in [-0.2, -0.15) is 0 Å². The van der Waals surface area contributed by atoms with E-state index in [0.717, 1.165) is 0 Å². The Bertz CT molecular complexity index is 458. The molecule has 0 saturated heterocycles. The molecule has 0 aromatic heterocycles. The zero-order valence-corrected chi connectivity index (χ0v) is 14.2. The molecule has 0 aliphatic carbocycles. The summed E-state index contributed by atoms with van der Waals surface area (Å²) in [4.78, 5) is 11.9. The highest BCUT2D eigenvalue weighted by molar-refractivity contribution is 9.10. The highest BCUT2D eigenvalue weighted by atomic mass is 79.9. The second-order valence-electron chi connectivity index (χ2n) is 4.12. The topological polar surface area (TPSA) is 38.3 Å². The molecule has 100 valence electrons. The summed E-state index contributed by atoms with van der Waals surface area (Å²) in [6.45, 7) is 5.91. The van der Waals surface area contributed by atoms with Crippen molar-refractivity contribution in [1.82, 2.24) is 0 Å². The zero-order chi connectivity index (χ0) is 13.9. The van der Waals surface area contributed by atoms with Gasteiger partial charge in [-0.05, 0) is 48.8 Å². The summed E-state index contributed by atoms with van der Waals surface area (Å²) in [6, 6.07) is 3.38. The van der Waals surface area contributed by atoms with Crippen molar-refractivity contribution in [2.24, 2.45) is 0 Å². The first-order chi connectivity index (χ1) is 8.25. The molecule has 0 atom stereocenters. The molecule has 6 heteroatoms. The van der Waals surface area contributed by atoms with Gasteiger partial charge in [0.25, 0.3) is 0 Å². The quantitative estimate of drug-likeness (QED) is 0.751. The predicted molar refractivity (Wildman–Crippen MR) is 82.0 cm³/mol. The van der Waals surface area contributed by atoms with E-state index in [-0.39, 0.29) is 5.91 Å². The largest absolute Gasteiger partial charge is 0.491 e. The van der Waals surface area contributed by atoms with E-state index in [2.05, 4.69) is 37.2 Å². The number of amides is 1. The summed E-state index contributed by atoms with van der Waals surface area (Å²) in [5.41, 5.74) is 0.550. The molecule has 0 bridgehead atoms. The molecule has 1 N–H and O–H groups in total. The lowest BCUT2D eigenvalue weighted by atomic mass is 10.2. The summed E-state index contributed by atoms with van der Waals surface area (Å²) in [6.07, 6.45) is 0. The Labute approximate surface area is 128 Å². The number of ether oxygens (including phenoxy) is 1. The highest BCUT2D eigenvalue weighted by Gasteiger charge is 2.25. The molecule has 0 aliphatic rings. The molecule has 0 fully saturated rings. The second-order valence-corrected chi connectivity index (χ2v) is 7.40. The van der Waals surface area contributed by atoms with Crippen molar-refractivity contribution in [3.8, 4) is 5.75 Å². The third-order valence-electron chi connectivity index (χ3n) is 2.09. The average Bonchev–Trinajstić information content (AvgIpc) is 2.21. The number of carbonyl (C=O) groups is 1. The monoisotopic (exact) mass is 397 g/mol. The van der Waals surface area contributed by atoms with E-state index in [1.807, 2.05) is 6.92 Å². The lowest BCUT2D eigenvalue weighted by Gasteiger charge is -2.19. The summed E-state index contributed by atoms with van der Waals surface area (Å²) < 4.78 is 5.55. The van der Waals surface area contributed by atoms with E-state index < -0.39 is 4.32 Å². The molecule has 1 aromatic carbocycles. The fourth-order valence-electron chi connectivity index (χ4n) is 1.22. The van der Waals surface area contributed by atoms with Crippen LogP contribution in [0, 0.1) is 0 Å². The van der Waals surface area contributed by atoms with Crippen LogP contribution < -0.4 is 10.1 Å². The molecule has 1 aromatic rings. The number of halogens is 3. The van der Waals surface area contributed by atoms with E-state index >= 15 is 0 Å². The van der Waals surface area contributed by atoms with Gasteiger partial charge in [0.05, 0.1) is 21.1 Å². The van der Waals surface area contributed by atoms with Crippen LogP contribution in [0.4, 0.5) is 5.69 Å². The van der Waals surface area contributed by atoms with Crippen LogP contribution in [0.3, 0.4) is 0 Å². The Morgan fingerprint density at radius 3 is 2.61 bits per heavy atom. The maximum Gasteiger partial charge on any atom is 0.240 e. The predicted octanol–water partition coefficient (Wildman–Crippen LogP) is 4.61. The van der Waals surface area contributed by atoms with Crippen molar-refractivity contribution in [1.29, 1.82) is 0 Å². The third kappa shape index (κ3) is 4.14. The lowest BCUT2D eigenvalue weighted by Crippen LogP contribution is -2.31. The fourth-order valence-corrected chi connectivity index (χ4v) is 2.24. The maximum absolute atomic E-state index is 11.9. The Morgan fingerprint density at radius 1 is 1.50 bits per heavy atom. The Morgan fingerprint density at radius 2 is 2.11 bits per heavy atom. The van der Waals surface area contributed by atoms with Crippen LogP contribution in [0.15, 0.2) is 16.6 Å². The molecule has 0 spiro atoms. The average molecular weight is 400 g/mol. The molecule has 1 rings (SSSR count). The Hall–Kier alpha value is -0.260. The maximum atomic E-state index is 11.9. The SMILES string of the molecule is CCOc1c(Br)cc(Cl)cc1NC(=O)C(C)(C)Br. The van der Waals surface area contributed by atoms with E-state index in [1.165, 1.54) is 0 Å². The first-order valence-corrected chi connectivity index (χ1v) is 7.34. The lowest BCUT2D eigenvalue weighted by molar-refractivity contribution is -0.117. The molecule has 0 aliphatic heterocycles. The molecule has 0 heterocycles. The summed E-state index contributed by atoms with van der Waals surface area (Å²) in [5, 5.41) is 3.31. The number of hydrogen-bond acceptors (Lipinski definition) is 2. The smallest absolute Gasteiger partial charge is 0.240 e. The Balaban J connectivity index is 3.11. The van der Waals surface area contributed by atoms with Crippen molar-refractivity contribution in [2.45, 2.75) is 25.1 Å². The molecule has 18 heavy (non-hydrogen) atoms. The molecular formula is C12H14Br2ClNO2. The Kier molecular flexibility index (Phi) is 5.49. The van der Waals surface area contributed by atoms with E-state index in [4.69, 9.17) is 16.3 Å². The van der Waals surface area contributed by atoms with Gasteiger partial charge in [0.1, 0.15) is 0 Å². The van der Waals surface area contributed by atoms with Gasteiger partial charge in [-0.3, -0.25) is 4.79 Å². The molecule has 0 unspecified atom stereocenters. The van der Waals surface area contributed by atoms with Gasteiger partial charge in [-0.1, -0.05) is 27.5 Å². The van der Waals surface area contributed by atoms with Crippen LogP contribution >= 0.6 is 43.5 Å². The van der Waals surface area contributed by atoms with Crippen molar-refractivity contribution in [2.75, 3.05) is 11.9 Å². The van der Waals surface area contributed by atoms with Gasteiger partial charge >= 0.3 is 0 Å². The molecule has 0 saturated carbocycles. The number of carbonyl (C=O) groups excluding carboxylic acids is 1. The van der Waals surface area contributed by atoms with Gasteiger partial charge in [0.2, 0.25) is 5.91 Å². The van der Waals surface area contributed by atoms with Crippen molar-refractivity contribution in [3.63, 3.8) is 0 Å². The van der Waals surface area contributed by atoms with Gasteiger partial charge < -0.3 is 10.1 Å². The van der Waals surface area contributed by atoms with Crippen molar-refractivity contribution in [3.05, 3.63) is 21.6 Å². The fraction of sp³-hybridized carbons (Fsp3) is 0.417. The van der Waals surface area contributed by atoms with Crippen LogP contribution in [-0.4, -0.2) is 16.8 Å². The van der Waals surface area contributed by atoms with Crippen molar-refractivity contribution >= 4 is 55.1 Å². The molecular weight excluding hydrogens is 385 g/mol. The third-order valence-corrected chi connectivity index (χ3v) is 3.25. The summed E-state index contributed by atoms with van der Waals surface area (Å²) in [5.74, 6) is 0.407. The number of anilines is 1. The number of hydrogen-bond donors (Lipinski definition) is 1. The second kappa shape index (κ2) is 6.26. The number of nitrogens with one attached hydrogen (secondary N) is 1. The highest BCUT2D eigenvalue weighted by Crippen LogP contribution is 2.37. The summed E-state index contributed by atoms with van der Waals surface area (Å²) in [7, 11) is 0. The normalized spacial score (nSPS) is 11.2. The minimum absolute atomic E-state index is 0.169. The van der Waals surface area contributed by atoms with Crippen LogP contribution in [-0.2, 0) is 4.79 Å². The number of benzene rings is 1. The first kappa shape index (κ1) is 15.8. The zero-order valence-electron chi connectivity index (χ0n) is 10.3. The minimum Gasteiger partial charge on any atom is -0.491 e. The molecule has 0 radical (unpaired) electrons. The van der Waals surface area contributed by atoms with E-state index in [9.17, 15) is 4.79 Å². The summed E-state index contributed by atoms with van der Waals surface area (Å²) >= 11 is 12.6. The number of rotatable bonds is 4. The first-order valence-electron chi connectivity index (χ1n) is 5.38. The van der Waals surface area contributed by atoms with Crippen LogP contribution in [0.25, 0.3) is 0 Å². The molecule has 1 amide bonds. The van der Waals surface area contributed by atoms with Gasteiger partial charge in [-0.25, -0.2) is 0 Å². The number of alkyl halides is 1. The molecule has 3 nitrogen and oxygen atoms in total. The van der Waals surface area contributed by atoms with Gasteiger partial charge in [0.15, 0.2) is 5.75 Å². The van der Waals surface area contributed by atoms with Gasteiger partial charge in [-0.15, -0.1) is 0 Å². The van der Waals surface area contributed by atoms with Crippen molar-refractivity contribution < 1.29 is 9.53 Å². The van der Waals surface area contributed by atoms with E-state index in [0.29, 0.717) is 27.5 Å². The van der Waals surface area contributed by atoms with Crippen LogP contribution in [0.2, 0.25) is 5.02 Å².